The van der Waals surface area contributed by atoms with Gasteiger partial charge < -0.3 is 10.4 Å². The van der Waals surface area contributed by atoms with E-state index in [4.69, 9.17) is 0 Å². The molecule has 0 radical (unpaired) electrons. The molecular weight excluding hydrogens is 198 g/mol. The van der Waals surface area contributed by atoms with Gasteiger partial charge in [0.25, 0.3) is 0 Å². The highest BCUT2D eigenvalue weighted by atomic mass is 16.3. The smallest absolute Gasteiger partial charge is 0.0692 e. The molecule has 1 aliphatic rings. The third kappa shape index (κ3) is 5.31. The molecule has 2 heteroatoms. The summed E-state index contributed by atoms with van der Waals surface area (Å²) >= 11 is 0. The van der Waals surface area contributed by atoms with Gasteiger partial charge in [-0.25, -0.2) is 0 Å². The van der Waals surface area contributed by atoms with Crippen LogP contribution in [0.5, 0.6) is 0 Å². The third-order valence-corrected chi connectivity index (χ3v) is 3.80. The predicted octanol–water partition coefficient (Wildman–Crippen LogP) is 2.95. The SMILES string of the molecule is CC(C)CCC(C)NCC(O)C1CCCC1. The number of hydrogen-bond donors (Lipinski definition) is 2. The van der Waals surface area contributed by atoms with Crippen LogP contribution < -0.4 is 5.32 Å². The summed E-state index contributed by atoms with van der Waals surface area (Å²) in [6.07, 6.45) is 7.44. The van der Waals surface area contributed by atoms with Crippen LogP contribution in [0.25, 0.3) is 0 Å². The van der Waals surface area contributed by atoms with Gasteiger partial charge in [0.1, 0.15) is 0 Å². The monoisotopic (exact) mass is 227 g/mol. The highest BCUT2D eigenvalue weighted by Gasteiger charge is 2.22. The molecule has 0 amide bonds. The van der Waals surface area contributed by atoms with E-state index in [9.17, 15) is 5.11 Å². The van der Waals surface area contributed by atoms with Crippen LogP contribution in [0.3, 0.4) is 0 Å². The minimum absolute atomic E-state index is 0.121. The van der Waals surface area contributed by atoms with Gasteiger partial charge >= 0.3 is 0 Å². The fourth-order valence-corrected chi connectivity index (χ4v) is 2.52. The number of rotatable bonds is 7. The van der Waals surface area contributed by atoms with E-state index in [-0.39, 0.29) is 6.10 Å². The maximum absolute atomic E-state index is 10.0. The zero-order chi connectivity index (χ0) is 12.0. The molecule has 1 saturated carbocycles. The Labute approximate surface area is 101 Å². The molecule has 0 aromatic rings. The molecule has 0 saturated heterocycles. The second-order valence-corrected chi connectivity index (χ2v) is 5.89. The van der Waals surface area contributed by atoms with Crippen molar-refractivity contribution in [3.8, 4) is 0 Å². The summed E-state index contributed by atoms with van der Waals surface area (Å²) in [5.41, 5.74) is 0. The van der Waals surface area contributed by atoms with Crippen LogP contribution in [0.2, 0.25) is 0 Å². The van der Waals surface area contributed by atoms with Crippen molar-refractivity contribution in [2.75, 3.05) is 6.54 Å². The van der Waals surface area contributed by atoms with Gasteiger partial charge in [0.15, 0.2) is 0 Å². The highest BCUT2D eigenvalue weighted by Crippen LogP contribution is 2.27. The Morgan fingerprint density at radius 2 is 1.75 bits per heavy atom. The van der Waals surface area contributed by atoms with Crippen LogP contribution in [0.4, 0.5) is 0 Å². The normalized spacial score (nSPS) is 21.6. The highest BCUT2D eigenvalue weighted by molar-refractivity contribution is 4.77. The molecule has 0 heterocycles. The van der Waals surface area contributed by atoms with E-state index < -0.39 is 0 Å². The zero-order valence-corrected chi connectivity index (χ0v) is 11.2. The van der Waals surface area contributed by atoms with Crippen molar-refractivity contribution in [2.24, 2.45) is 11.8 Å². The number of nitrogens with one attached hydrogen (secondary N) is 1. The van der Waals surface area contributed by atoms with Crippen LogP contribution in [0, 0.1) is 11.8 Å². The van der Waals surface area contributed by atoms with E-state index in [0.717, 1.165) is 12.5 Å². The van der Waals surface area contributed by atoms with Gasteiger partial charge in [-0.3, -0.25) is 0 Å². The summed E-state index contributed by atoms with van der Waals surface area (Å²) in [4.78, 5) is 0. The van der Waals surface area contributed by atoms with Gasteiger partial charge in [0, 0.05) is 12.6 Å². The van der Waals surface area contributed by atoms with Crippen molar-refractivity contribution >= 4 is 0 Å². The number of aliphatic hydroxyl groups is 1. The Bertz CT molecular complexity index is 176. The first kappa shape index (κ1) is 14.0. The molecule has 0 aliphatic heterocycles. The van der Waals surface area contributed by atoms with Crippen LogP contribution in [0.15, 0.2) is 0 Å². The van der Waals surface area contributed by atoms with E-state index >= 15 is 0 Å². The van der Waals surface area contributed by atoms with E-state index in [1.807, 2.05) is 0 Å². The first-order valence-electron chi connectivity index (χ1n) is 7.01. The van der Waals surface area contributed by atoms with Gasteiger partial charge in [0.2, 0.25) is 0 Å². The Balaban J connectivity index is 2.08. The lowest BCUT2D eigenvalue weighted by Gasteiger charge is -2.21. The molecule has 1 aliphatic carbocycles. The molecule has 2 nitrogen and oxygen atoms in total. The Morgan fingerprint density at radius 3 is 2.31 bits per heavy atom. The van der Waals surface area contributed by atoms with Gasteiger partial charge in [-0.05, 0) is 44.4 Å². The summed E-state index contributed by atoms with van der Waals surface area (Å²) in [5, 5.41) is 13.5. The molecule has 96 valence electrons. The standard InChI is InChI=1S/C14H29NO/c1-11(2)8-9-12(3)15-10-14(16)13-6-4-5-7-13/h11-16H,4-10H2,1-3H3. The topological polar surface area (TPSA) is 32.3 Å². The Kier molecular flexibility index (Phi) is 6.37. The zero-order valence-electron chi connectivity index (χ0n) is 11.2. The molecule has 0 aromatic heterocycles. The summed E-state index contributed by atoms with van der Waals surface area (Å²) in [5.74, 6) is 1.34. The van der Waals surface area contributed by atoms with E-state index in [0.29, 0.717) is 12.0 Å². The molecule has 16 heavy (non-hydrogen) atoms. The van der Waals surface area contributed by atoms with E-state index in [2.05, 4.69) is 26.1 Å². The van der Waals surface area contributed by atoms with Crippen molar-refractivity contribution in [3.63, 3.8) is 0 Å². The Hall–Kier alpha value is -0.0800. The molecule has 2 unspecified atom stereocenters. The van der Waals surface area contributed by atoms with Crippen molar-refractivity contribution in [1.29, 1.82) is 0 Å². The van der Waals surface area contributed by atoms with E-state index in [1.54, 1.807) is 0 Å². The largest absolute Gasteiger partial charge is 0.392 e. The van der Waals surface area contributed by atoms with Gasteiger partial charge in [-0.1, -0.05) is 26.7 Å². The minimum Gasteiger partial charge on any atom is -0.392 e. The lowest BCUT2D eigenvalue weighted by molar-refractivity contribution is 0.106. The fourth-order valence-electron chi connectivity index (χ4n) is 2.52. The van der Waals surface area contributed by atoms with Crippen molar-refractivity contribution in [3.05, 3.63) is 0 Å². The van der Waals surface area contributed by atoms with Crippen LogP contribution in [-0.2, 0) is 0 Å². The maximum Gasteiger partial charge on any atom is 0.0692 e. The third-order valence-electron chi connectivity index (χ3n) is 3.80. The summed E-state index contributed by atoms with van der Waals surface area (Å²) < 4.78 is 0. The summed E-state index contributed by atoms with van der Waals surface area (Å²) in [7, 11) is 0. The number of hydrogen-bond acceptors (Lipinski definition) is 2. The fraction of sp³-hybridized carbons (Fsp3) is 1.00. The lowest BCUT2D eigenvalue weighted by atomic mass is 10.00. The van der Waals surface area contributed by atoms with Crippen LogP contribution in [-0.4, -0.2) is 23.8 Å². The predicted molar refractivity (Wildman–Crippen MR) is 69.5 cm³/mol. The van der Waals surface area contributed by atoms with Gasteiger partial charge in [-0.2, -0.15) is 0 Å². The summed E-state index contributed by atoms with van der Waals surface area (Å²) in [6, 6.07) is 0.540. The molecule has 2 atom stereocenters. The molecular formula is C14H29NO. The van der Waals surface area contributed by atoms with Gasteiger partial charge in [-0.15, -0.1) is 0 Å². The second-order valence-electron chi connectivity index (χ2n) is 5.89. The summed E-state index contributed by atoms with van der Waals surface area (Å²) in [6.45, 7) is 7.54. The van der Waals surface area contributed by atoms with Crippen molar-refractivity contribution in [1.82, 2.24) is 5.32 Å². The maximum atomic E-state index is 10.0. The van der Waals surface area contributed by atoms with Gasteiger partial charge in [0.05, 0.1) is 6.10 Å². The van der Waals surface area contributed by atoms with E-state index in [1.165, 1.54) is 38.5 Å². The molecule has 2 N–H and O–H groups in total. The quantitative estimate of drug-likeness (QED) is 0.701. The average molecular weight is 227 g/mol. The lowest BCUT2D eigenvalue weighted by Crippen LogP contribution is -2.37. The first-order chi connectivity index (χ1) is 7.59. The average Bonchev–Trinajstić information content (AvgIpc) is 2.76. The molecule has 0 spiro atoms. The first-order valence-corrected chi connectivity index (χ1v) is 7.01. The molecule has 1 fully saturated rings. The molecule has 0 aromatic carbocycles. The van der Waals surface area contributed by atoms with Crippen LogP contribution in [0.1, 0.15) is 59.3 Å². The Morgan fingerprint density at radius 1 is 1.12 bits per heavy atom. The van der Waals surface area contributed by atoms with Crippen LogP contribution >= 0.6 is 0 Å². The number of aliphatic hydroxyl groups excluding tert-OH is 1. The molecule has 1 rings (SSSR count). The minimum atomic E-state index is -0.121. The molecule has 0 bridgehead atoms. The second kappa shape index (κ2) is 7.29. The van der Waals surface area contributed by atoms with Crippen molar-refractivity contribution in [2.45, 2.75) is 71.4 Å². The van der Waals surface area contributed by atoms with Crippen molar-refractivity contribution < 1.29 is 5.11 Å².